The molecule has 1 aromatic heterocycles. The van der Waals surface area contributed by atoms with Crippen LogP contribution < -0.4 is 4.74 Å². The number of para-hydroxylation sites is 3. The van der Waals surface area contributed by atoms with Crippen molar-refractivity contribution in [2.75, 3.05) is 0 Å². The van der Waals surface area contributed by atoms with Crippen molar-refractivity contribution in [1.82, 2.24) is 9.55 Å². The van der Waals surface area contributed by atoms with Gasteiger partial charge < -0.3 is 9.30 Å². The Labute approximate surface area is 177 Å². The lowest BCUT2D eigenvalue weighted by Gasteiger charge is -2.10. The van der Waals surface area contributed by atoms with Crippen LogP contribution in [0.25, 0.3) is 17.1 Å². The predicted molar refractivity (Wildman–Crippen MR) is 118 cm³/mol. The van der Waals surface area contributed by atoms with E-state index in [0.29, 0.717) is 18.7 Å². The molecule has 0 fully saturated rings. The molecule has 0 saturated heterocycles. The summed E-state index contributed by atoms with van der Waals surface area (Å²) in [7, 11) is 0. The fraction of sp³-hybridized carbons (Fsp3) is 0.0833. The van der Waals surface area contributed by atoms with Crippen LogP contribution in [-0.4, -0.2) is 9.55 Å². The summed E-state index contributed by atoms with van der Waals surface area (Å²) in [5, 5.41) is 9.69. The minimum atomic E-state index is 0.456. The minimum Gasteiger partial charge on any atom is -0.488 e. The molecule has 4 aromatic rings. The van der Waals surface area contributed by atoms with Gasteiger partial charge in [0.1, 0.15) is 12.4 Å². The van der Waals surface area contributed by atoms with Crippen molar-refractivity contribution >= 4 is 33.0 Å². The number of hydrogen-bond donors (Lipinski definition) is 0. The molecular weight excluding hydrogens is 426 g/mol. The average Bonchev–Trinajstić information content (AvgIpc) is 3.16. The van der Waals surface area contributed by atoms with Gasteiger partial charge in [0.25, 0.3) is 0 Å². The topological polar surface area (TPSA) is 50.8 Å². The van der Waals surface area contributed by atoms with Gasteiger partial charge in [0.2, 0.25) is 0 Å². The average molecular weight is 444 g/mol. The summed E-state index contributed by atoms with van der Waals surface area (Å²) in [6.07, 6.45) is 3.65. The van der Waals surface area contributed by atoms with Crippen LogP contribution >= 0.6 is 15.9 Å². The third-order valence-corrected chi connectivity index (χ3v) is 5.10. The van der Waals surface area contributed by atoms with Gasteiger partial charge in [-0.1, -0.05) is 58.4 Å². The van der Waals surface area contributed by atoms with Crippen molar-refractivity contribution in [3.05, 3.63) is 100 Å². The number of allylic oxidation sites excluding steroid dienone is 1. The van der Waals surface area contributed by atoms with Crippen LogP contribution in [0.3, 0.4) is 0 Å². The smallest absolute Gasteiger partial charge is 0.127 e. The number of hydrogen-bond acceptors (Lipinski definition) is 3. The summed E-state index contributed by atoms with van der Waals surface area (Å²) in [4.78, 5) is 4.40. The van der Waals surface area contributed by atoms with E-state index in [1.165, 1.54) is 0 Å². The molecule has 0 aliphatic heterocycles. The first-order valence-electron chi connectivity index (χ1n) is 9.20. The molecule has 4 rings (SSSR count). The van der Waals surface area contributed by atoms with Gasteiger partial charge in [0.15, 0.2) is 0 Å². The number of benzene rings is 3. The van der Waals surface area contributed by atoms with E-state index in [4.69, 9.17) is 4.74 Å². The van der Waals surface area contributed by atoms with Crippen LogP contribution in [0.5, 0.6) is 5.75 Å². The summed E-state index contributed by atoms with van der Waals surface area (Å²) in [5.74, 6) is 0.749. The van der Waals surface area contributed by atoms with Gasteiger partial charge in [-0.15, -0.1) is 0 Å². The second kappa shape index (κ2) is 8.76. The molecule has 0 N–H and O–H groups in total. The Morgan fingerprint density at radius 1 is 1.03 bits per heavy atom. The van der Waals surface area contributed by atoms with Crippen molar-refractivity contribution in [3.8, 4) is 11.8 Å². The summed E-state index contributed by atoms with van der Waals surface area (Å²) in [6, 6.07) is 26.0. The fourth-order valence-electron chi connectivity index (χ4n) is 3.09. The Hall–Kier alpha value is -3.36. The van der Waals surface area contributed by atoms with Gasteiger partial charge in [0, 0.05) is 10.0 Å². The molecule has 142 valence electrons. The van der Waals surface area contributed by atoms with Crippen molar-refractivity contribution in [3.63, 3.8) is 0 Å². The first-order chi connectivity index (χ1) is 14.2. The van der Waals surface area contributed by atoms with Crippen LogP contribution in [0, 0.1) is 11.3 Å². The maximum Gasteiger partial charge on any atom is 0.127 e. The second-order valence-corrected chi connectivity index (χ2v) is 7.51. The van der Waals surface area contributed by atoms with E-state index in [9.17, 15) is 5.26 Å². The molecule has 5 heteroatoms. The number of imidazole rings is 1. The number of nitrogens with zero attached hydrogens (tertiary/aromatic N) is 3. The number of ether oxygens (including phenoxy) is 1. The highest BCUT2D eigenvalue weighted by molar-refractivity contribution is 9.10. The minimum absolute atomic E-state index is 0.456. The zero-order chi connectivity index (χ0) is 20.1. The Balaban J connectivity index is 1.56. The van der Waals surface area contributed by atoms with Crippen molar-refractivity contribution in [2.45, 2.75) is 13.2 Å². The van der Waals surface area contributed by atoms with E-state index in [1.807, 2.05) is 83.4 Å². The molecule has 0 atom stereocenters. The molecule has 0 amide bonds. The number of fused-ring (bicyclic) bond motifs is 1. The van der Waals surface area contributed by atoms with Crippen LogP contribution in [0.4, 0.5) is 0 Å². The second-order valence-electron chi connectivity index (χ2n) is 6.60. The van der Waals surface area contributed by atoms with Gasteiger partial charge in [-0.25, -0.2) is 4.98 Å². The first-order valence-corrected chi connectivity index (χ1v) is 9.99. The summed E-state index contributed by atoms with van der Waals surface area (Å²) < 4.78 is 9.04. The Morgan fingerprint density at radius 2 is 1.79 bits per heavy atom. The third-order valence-electron chi connectivity index (χ3n) is 4.57. The van der Waals surface area contributed by atoms with Crippen molar-refractivity contribution in [1.29, 1.82) is 5.26 Å². The van der Waals surface area contributed by atoms with Crippen LogP contribution in [0.2, 0.25) is 0 Å². The lowest BCUT2D eigenvalue weighted by atomic mass is 10.1. The lowest BCUT2D eigenvalue weighted by molar-refractivity contribution is 0.305. The lowest BCUT2D eigenvalue weighted by Crippen LogP contribution is -2.00. The van der Waals surface area contributed by atoms with E-state index in [2.05, 4.69) is 27.0 Å². The highest BCUT2D eigenvalue weighted by Gasteiger charge is 2.07. The zero-order valence-corrected chi connectivity index (χ0v) is 17.2. The molecule has 3 aromatic carbocycles. The molecule has 0 spiro atoms. The SMILES string of the molecule is N#C/C(=C/c1ccccc1OCc1ccc(Br)cc1)Cn1cnc2ccccc21. The number of rotatable bonds is 6. The van der Waals surface area contributed by atoms with Crippen LogP contribution in [0.1, 0.15) is 11.1 Å². The van der Waals surface area contributed by atoms with Gasteiger partial charge in [-0.3, -0.25) is 0 Å². The van der Waals surface area contributed by atoms with E-state index in [1.54, 1.807) is 6.33 Å². The highest BCUT2D eigenvalue weighted by atomic mass is 79.9. The maximum atomic E-state index is 9.69. The van der Waals surface area contributed by atoms with Crippen LogP contribution in [0.15, 0.2) is 89.2 Å². The molecule has 0 bridgehead atoms. The standard InChI is InChI=1S/C24H18BrN3O/c25-21-11-9-18(10-12-21)16-29-24-8-4-1-5-20(24)13-19(14-26)15-28-17-27-22-6-2-3-7-23(22)28/h1-13,17H,15-16H2/b19-13-. The van der Waals surface area contributed by atoms with Crippen molar-refractivity contribution < 1.29 is 4.74 Å². The number of aromatic nitrogens is 2. The Morgan fingerprint density at radius 3 is 2.62 bits per heavy atom. The molecule has 0 aliphatic rings. The molecule has 0 aliphatic carbocycles. The van der Waals surface area contributed by atoms with Gasteiger partial charge in [-0.2, -0.15) is 5.26 Å². The molecule has 4 nitrogen and oxygen atoms in total. The Bertz CT molecular complexity index is 1200. The molecule has 0 radical (unpaired) electrons. The molecule has 0 unspecified atom stereocenters. The summed E-state index contributed by atoms with van der Waals surface area (Å²) >= 11 is 3.44. The molecule has 29 heavy (non-hydrogen) atoms. The van der Waals surface area contributed by atoms with Crippen LogP contribution in [-0.2, 0) is 13.2 Å². The summed E-state index contributed by atoms with van der Waals surface area (Å²) in [6.45, 7) is 0.921. The number of nitriles is 1. The molecule has 1 heterocycles. The quantitative estimate of drug-likeness (QED) is 0.344. The monoisotopic (exact) mass is 443 g/mol. The summed E-state index contributed by atoms with van der Waals surface area (Å²) in [5.41, 5.74) is 4.52. The highest BCUT2D eigenvalue weighted by Crippen LogP contribution is 2.23. The van der Waals surface area contributed by atoms with E-state index < -0.39 is 0 Å². The van der Waals surface area contributed by atoms with Gasteiger partial charge in [-0.05, 0) is 42.0 Å². The third kappa shape index (κ3) is 4.56. The van der Waals surface area contributed by atoms with E-state index in [-0.39, 0.29) is 0 Å². The van der Waals surface area contributed by atoms with Gasteiger partial charge in [0.05, 0.1) is 35.5 Å². The van der Waals surface area contributed by atoms with E-state index >= 15 is 0 Å². The normalized spacial score (nSPS) is 11.4. The Kier molecular flexibility index (Phi) is 5.73. The van der Waals surface area contributed by atoms with E-state index in [0.717, 1.165) is 32.4 Å². The largest absolute Gasteiger partial charge is 0.488 e. The first kappa shape index (κ1) is 19.0. The zero-order valence-electron chi connectivity index (χ0n) is 15.6. The fourth-order valence-corrected chi connectivity index (χ4v) is 3.36. The maximum absolute atomic E-state index is 9.69. The molecule has 0 saturated carbocycles. The van der Waals surface area contributed by atoms with Gasteiger partial charge >= 0.3 is 0 Å². The molecular formula is C24H18BrN3O. The van der Waals surface area contributed by atoms with Crippen molar-refractivity contribution in [2.24, 2.45) is 0 Å². The predicted octanol–water partition coefficient (Wildman–Crippen LogP) is 5.98. The number of halogens is 1.